The van der Waals surface area contributed by atoms with Crippen LogP contribution in [0.4, 0.5) is 0 Å². The van der Waals surface area contributed by atoms with Crippen LogP contribution in [0.2, 0.25) is 0 Å². The van der Waals surface area contributed by atoms with E-state index in [0.717, 1.165) is 19.6 Å². The SMILES string of the molecule is CCN(CC)C(=O)CCN(CCN1CCCCC1)C(=O)c1cnccn1. The molecule has 0 aliphatic carbocycles. The summed E-state index contributed by atoms with van der Waals surface area (Å²) in [5.74, 6) is -0.0626. The van der Waals surface area contributed by atoms with Crippen molar-refractivity contribution in [3.05, 3.63) is 24.3 Å². The van der Waals surface area contributed by atoms with Gasteiger partial charge in [-0.2, -0.15) is 0 Å². The summed E-state index contributed by atoms with van der Waals surface area (Å²) in [5.41, 5.74) is 0.335. The highest BCUT2D eigenvalue weighted by atomic mass is 16.2. The molecule has 144 valence electrons. The summed E-state index contributed by atoms with van der Waals surface area (Å²) in [6.45, 7) is 9.38. The van der Waals surface area contributed by atoms with E-state index in [2.05, 4.69) is 14.9 Å². The normalized spacial score (nSPS) is 14.8. The summed E-state index contributed by atoms with van der Waals surface area (Å²) < 4.78 is 0. The van der Waals surface area contributed by atoms with E-state index >= 15 is 0 Å². The van der Waals surface area contributed by atoms with Crippen molar-refractivity contribution < 1.29 is 9.59 Å². The smallest absolute Gasteiger partial charge is 0.274 e. The number of hydrogen-bond acceptors (Lipinski definition) is 5. The van der Waals surface area contributed by atoms with Gasteiger partial charge >= 0.3 is 0 Å². The van der Waals surface area contributed by atoms with Gasteiger partial charge in [-0.05, 0) is 39.8 Å². The quantitative estimate of drug-likeness (QED) is 0.669. The molecular formula is C19H31N5O2. The number of hydrogen-bond donors (Lipinski definition) is 0. The molecule has 0 N–H and O–H groups in total. The van der Waals surface area contributed by atoms with Crippen molar-refractivity contribution in [2.24, 2.45) is 0 Å². The van der Waals surface area contributed by atoms with Gasteiger partial charge in [0.15, 0.2) is 0 Å². The lowest BCUT2D eigenvalue weighted by atomic mass is 10.1. The van der Waals surface area contributed by atoms with E-state index in [9.17, 15) is 9.59 Å². The third kappa shape index (κ3) is 6.05. The molecule has 0 atom stereocenters. The Morgan fingerprint density at radius 3 is 2.38 bits per heavy atom. The highest BCUT2D eigenvalue weighted by Crippen LogP contribution is 2.09. The lowest BCUT2D eigenvalue weighted by Crippen LogP contribution is -2.42. The van der Waals surface area contributed by atoms with E-state index in [1.54, 1.807) is 16.0 Å². The third-order valence-electron chi connectivity index (χ3n) is 4.92. The Morgan fingerprint density at radius 2 is 1.77 bits per heavy atom. The highest BCUT2D eigenvalue weighted by Gasteiger charge is 2.21. The Hall–Kier alpha value is -2.02. The summed E-state index contributed by atoms with van der Waals surface area (Å²) in [6, 6.07) is 0. The molecule has 1 aliphatic rings. The van der Waals surface area contributed by atoms with Crippen LogP contribution >= 0.6 is 0 Å². The second-order valence-corrected chi connectivity index (χ2v) is 6.60. The van der Waals surface area contributed by atoms with Gasteiger partial charge in [-0.3, -0.25) is 14.6 Å². The van der Waals surface area contributed by atoms with Crippen molar-refractivity contribution >= 4 is 11.8 Å². The molecule has 1 aromatic heterocycles. The van der Waals surface area contributed by atoms with Crippen molar-refractivity contribution in [3.63, 3.8) is 0 Å². The number of carbonyl (C=O) groups excluding carboxylic acids is 2. The summed E-state index contributed by atoms with van der Waals surface area (Å²) in [6.07, 6.45) is 8.64. The summed E-state index contributed by atoms with van der Waals surface area (Å²) in [4.78, 5) is 39.2. The molecule has 1 fully saturated rings. The van der Waals surface area contributed by atoms with E-state index < -0.39 is 0 Å². The Morgan fingerprint density at radius 1 is 1.04 bits per heavy atom. The second kappa shape index (κ2) is 10.9. The zero-order chi connectivity index (χ0) is 18.8. The van der Waals surface area contributed by atoms with Gasteiger partial charge in [0.1, 0.15) is 5.69 Å². The number of rotatable bonds is 9. The molecule has 0 radical (unpaired) electrons. The van der Waals surface area contributed by atoms with E-state index in [-0.39, 0.29) is 11.8 Å². The van der Waals surface area contributed by atoms with Gasteiger partial charge in [0.05, 0.1) is 6.20 Å². The predicted molar refractivity (Wildman–Crippen MR) is 101 cm³/mol. The van der Waals surface area contributed by atoms with Crippen LogP contribution in [0.3, 0.4) is 0 Å². The standard InChI is InChI=1S/C19H31N5O2/c1-3-23(4-2)18(25)8-13-24(15-14-22-11-6-5-7-12-22)19(26)17-16-20-9-10-21-17/h9-10,16H,3-8,11-15H2,1-2H3. The first-order valence-corrected chi connectivity index (χ1v) is 9.71. The minimum atomic E-state index is -0.151. The van der Waals surface area contributed by atoms with Crippen molar-refractivity contribution in [1.82, 2.24) is 24.7 Å². The topological polar surface area (TPSA) is 69.6 Å². The Balaban J connectivity index is 1.97. The zero-order valence-corrected chi connectivity index (χ0v) is 16.1. The Bertz CT molecular complexity index is 556. The zero-order valence-electron chi connectivity index (χ0n) is 16.1. The molecule has 1 aromatic rings. The van der Waals surface area contributed by atoms with Crippen LogP contribution in [0.25, 0.3) is 0 Å². The van der Waals surface area contributed by atoms with E-state index in [4.69, 9.17) is 0 Å². The van der Waals surface area contributed by atoms with Gasteiger partial charge < -0.3 is 14.7 Å². The van der Waals surface area contributed by atoms with Crippen LogP contribution < -0.4 is 0 Å². The molecule has 0 bridgehead atoms. The minimum absolute atomic E-state index is 0.0879. The van der Waals surface area contributed by atoms with Gasteiger partial charge in [0, 0.05) is 51.5 Å². The second-order valence-electron chi connectivity index (χ2n) is 6.60. The fourth-order valence-electron chi connectivity index (χ4n) is 3.30. The molecular weight excluding hydrogens is 330 g/mol. The molecule has 26 heavy (non-hydrogen) atoms. The van der Waals surface area contributed by atoms with E-state index in [1.807, 2.05) is 13.8 Å². The predicted octanol–water partition coefficient (Wildman–Crippen LogP) is 1.66. The lowest BCUT2D eigenvalue weighted by molar-refractivity contribution is -0.131. The highest BCUT2D eigenvalue weighted by molar-refractivity contribution is 5.92. The molecule has 7 heteroatoms. The largest absolute Gasteiger partial charge is 0.343 e. The van der Waals surface area contributed by atoms with Gasteiger partial charge in [-0.15, -0.1) is 0 Å². The molecule has 0 unspecified atom stereocenters. The average Bonchev–Trinajstić information content (AvgIpc) is 2.70. The lowest BCUT2D eigenvalue weighted by Gasteiger charge is -2.30. The number of amides is 2. The molecule has 1 saturated heterocycles. The van der Waals surface area contributed by atoms with Crippen LogP contribution in [-0.4, -0.2) is 82.3 Å². The van der Waals surface area contributed by atoms with Crippen LogP contribution in [0.5, 0.6) is 0 Å². The van der Waals surface area contributed by atoms with Crippen LogP contribution in [0.15, 0.2) is 18.6 Å². The first kappa shape index (κ1) is 20.3. The fraction of sp³-hybridized carbons (Fsp3) is 0.684. The van der Waals surface area contributed by atoms with Crippen molar-refractivity contribution in [2.45, 2.75) is 39.5 Å². The fourth-order valence-corrected chi connectivity index (χ4v) is 3.30. The summed E-state index contributed by atoms with van der Waals surface area (Å²) in [5, 5.41) is 0. The molecule has 2 heterocycles. The molecule has 7 nitrogen and oxygen atoms in total. The molecule has 0 spiro atoms. The van der Waals surface area contributed by atoms with Gasteiger partial charge in [0.25, 0.3) is 5.91 Å². The minimum Gasteiger partial charge on any atom is -0.343 e. The first-order valence-electron chi connectivity index (χ1n) is 9.71. The molecule has 2 amide bonds. The van der Waals surface area contributed by atoms with Crippen molar-refractivity contribution in [1.29, 1.82) is 0 Å². The van der Waals surface area contributed by atoms with Gasteiger partial charge in [-0.25, -0.2) is 4.98 Å². The molecule has 0 aromatic carbocycles. The number of aromatic nitrogens is 2. The third-order valence-corrected chi connectivity index (χ3v) is 4.92. The maximum atomic E-state index is 12.8. The Kier molecular flexibility index (Phi) is 8.47. The van der Waals surface area contributed by atoms with Crippen molar-refractivity contribution in [3.8, 4) is 0 Å². The monoisotopic (exact) mass is 361 g/mol. The Labute approximate surface area is 156 Å². The molecule has 0 saturated carbocycles. The average molecular weight is 361 g/mol. The van der Waals surface area contributed by atoms with E-state index in [1.165, 1.54) is 31.7 Å². The molecule has 2 rings (SSSR count). The van der Waals surface area contributed by atoms with Crippen molar-refractivity contribution in [2.75, 3.05) is 45.8 Å². The van der Waals surface area contributed by atoms with Crippen LogP contribution in [0.1, 0.15) is 50.0 Å². The molecule has 1 aliphatic heterocycles. The van der Waals surface area contributed by atoms with Gasteiger partial charge in [0.2, 0.25) is 5.91 Å². The summed E-state index contributed by atoms with van der Waals surface area (Å²) in [7, 11) is 0. The summed E-state index contributed by atoms with van der Waals surface area (Å²) >= 11 is 0. The van der Waals surface area contributed by atoms with Gasteiger partial charge in [-0.1, -0.05) is 6.42 Å². The first-order chi connectivity index (χ1) is 12.7. The number of piperidine rings is 1. The maximum absolute atomic E-state index is 12.8. The van der Waals surface area contributed by atoms with Crippen LogP contribution in [0, 0.1) is 0 Å². The number of likely N-dealkylation sites (tertiary alicyclic amines) is 1. The number of carbonyl (C=O) groups is 2. The maximum Gasteiger partial charge on any atom is 0.274 e. The van der Waals surface area contributed by atoms with E-state index in [0.29, 0.717) is 38.3 Å². The van der Waals surface area contributed by atoms with Crippen LogP contribution in [-0.2, 0) is 4.79 Å². The number of nitrogens with zero attached hydrogens (tertiary/aromatic N) is 5.